The second-order valence-corrected chi connectivity index (χ2v) is 6.28. The third-order valence-corrected chi connectivity index (χ3v) is 4.73. The van der Waals surface area contributed by atoms with E-state index in [0.29, 0.717) is 6.04 Å². The van der Waals surface area contributed by atoms with Crippen molar-refractivity contribution in [3.63, 3.8) is 0 Å². The highest BCUT2D eigenvalue weighted by atomic mass is 35.5. The second-order valence-electron chi connectivity index (χ2n) is 6.28. The van der Waals surface area contributed by atoms with E-state index in [1.807, 2.05) is 0 Å². The Morgan fingerprint density at radius 1 is 1.16 bits per heavy atom. The van der Waals surface area contributed by atoms with Gasteiger partial charge in [0.1, 0.15) is 0 Å². The summed E-state index contributed by atoms with van der Waals surface area (Å²) in [4.78, 5) is 12.1. The molecule has 0 radical (unpaired) electrons. The zero-order valence-corrected chi connectivity index (χ0v) is 12.9. The number of carbonyl (C=O) groups excluding carboxylic acids is 1. The van der Waals surface area contributed by atoms with Gasteiger partial charge in [0, 0.05) is 18.0 Å². The van der Waals surface area contributed by atoms with Crippen molar-refractivity contribution >= 4 is 18.3 Å². The Morgan fingerprint density at radius 3 is 2.37 bits per heavy atom. The lowest BCUT2D eigenvalue weighted by atomic mass is 9.83. The van der Waals surface area contributed by atoms with Crippen molar-refractivity contribution in [3.8, 4) is 0 Å². The fourth-order valence-corrected chi connectivity index (χ4v) is 3.58. The van der Waals surface area contributed by atoms with Crippen molar-refractivity contribution in [3.05, 3.63) is 0 Å². The standard InChI is InChI=1S/C15H28N2O.ClH/c1-2-3-11-4-8-14(9-5-11)17-15(18)12-6-7-13(16)10-12;/h11-14H,2-10,16H2,1H3,(H,17,18);1H. The normalized spacial score (nSPS) is 34.6. The Bertz CT molecular complexity index is 277. The van der Waals surface area contributed by atoms with Gasteiger partial charge in [-0.2, -0.15) is 0 Å². The second kappa shape index (κ2) is 8.11. The first kappa shape index (κ1) is 16.8. The summed E-state index contributed by atoms with van der Waals surface area (Å²) in [6.07, 6.45) is 10.5. The molecule has 1 amide bonds. The Kier molecular flexibility index (Phi) is 7.16. The highest BCUT2D eigenvalue weighted by Gasteiger charge is 2.30. The number of amides is 1. The molecule has 2 saturated carbocycles. The molecule has 4 heteroatoms. The lowest BCUT2D eigenvalue weighted by Gasteiger charge is -2.29. The van der Waals surface area contributed by atoms with Gasteiger partial charge < -0.3 is 11.1 Å². The predicted octanol–water partition coefficient (Wildman–Crippen LogP) is 3.01. The Hall–Kier alpha value is -0.280. The number of hydrogen-bond donors (Lipinski definition) is 2. The van der Waals surface area contributed by atoms with E-state index >= 15 is 0 Å². The van der Waals surface area contributed by atoms with Gasteiger partial charge >= 0.3 is 0 Å². The van der Waals surface area contributed by atoms with E-state index in [4.69, 9.17) is 5.73 Å². The molecule has 2 rings (SSSR count). The maximum atomic E-state index is 12.1. The van der Waals surface area contributed by atoms with Crippen LogP contribution in [0.15, 0.2) is 0 Å². The van der Waals surface area contributed by atoms with Crippen molar-refractivity contribution in [2.75, 3.05) is 0 Å². The van der Waals surface area contributed by atoms with Gasteiger partial charge in [0.2, 0.25) is 5.91 Å². The van der Waals surface area contributed by atoms with Crippen molar-refractivity contribution in [1.29, 1.82) is 0 Å². The summed E-state index contributed by atoms with van der Waals surface area (Å²) in [6.45, 7) is 2.26. The molecule has 0 aromatic heterocycles. The van der Waals surface area contributed by atoms with E-state index in [2.05, 4.69) is 12.2 Å². The monoisotopic (exact) mass is 288 g/mol. The van der Waals surface area contributed by atoms with Crippen LogP contribution >= 0.6 is 12.4 Å². The van der Waals surface area contributed by atoms with Crippen LogP contribution in [0.25, 0.3) is 0 Å². The van der Waals surface area contributed by atoms with Gasteiger partial charge in [-0.1, -0.05) is 19.8 Å². The van der Waals surface area contributed by atoms with Crippen molar-refractivity contribution in [2.24, 2.45) is 17.6 Å². The molecule has 0 aliphatic heterocycles. The summed E-state index contributed by atoms with van der Waals surface area (Å²) in [5.41, 5.74) is 5.87. The van der Waals surface area contributed by atoms with E-state index in [9.17, 15) is 4.79 Å². The maximum Gasteiger partial charge on any atom is 0.223 e. The minimum atomic E-state index is 0. The third kappa shape index (κ3) is 4.96. The van der Waals surface area contributed by atoms with E-state index < -0.39 is 0 Å². The van der Waals surface area contributed by atoms with E-state index in [-0.39, 0.29) is 30.3 Å². The molecule has 2 aliphatic rings. The molecule has 3 nitrogen and oxygen atoms in total. The molecule has 2 fully saturated rings. The van der Waals surface area contributed by atoms with E-state index in [1.54, 1.807) is 0 Å². The van der Waals surface area contributed by atoms with Crippen LogP contribution in [-0.2, 0) is 4.79 Å². The summed E-state index contributed by atoms with van der Waals surface area (Å²) in [7, 11) is 0. The van der Waals surface area contributed by atoms with Crippen LogP contribution in [0, 0.1) is 11.8 Å². The third-order valence-electron chi connectivity index (χ3n) is 4.73. The molecular weight excluding hydrogens is 260 g/mol. The number of nitrogens with two attached hydrogens (primary N) is 1. The van der Waals surface area contributed by atoms with Crippen LogP contribution in [0.4, 0.5) is 0 Å². The summed E-state index contributed by atoms with van der Waals surface area (Å²) < 4.78 is 0. The van der Waals surface area contributed by atoms with Gasteiger partial charge in [0.15, 0.2) is 0 Å². The fourth-order valence-electron chi connectivity index (χ4n) is 3.58. The van der Waals surface area contributed by atoms with E-state index in [1.165, 1.54) is 38.5 Å². The first-order valence-electron chi connectivity index (χ1n) is 7.75. The topological polar surface area (TPSA) is 55.1 Å². The smallest absolute Gasteiger partial charge is 0.223 e. The molecular formula is C15H29ClN2O. The average molecular weight is 289 g/mol. The summed E-state index contributed by atoms with van der Waals surface area (Å²) in [6, 6.07) is 0.684. The molecule has 0 saturated heterocycles. The number of halogens is 1. The number of nitrogens with one attached hydrogen (secondary N) is 1. The number of carbonyl (C=O) groups is 1. The van der Waals surface area contributed by atoms with Gasteiger partial charge in [0.25, 0.3) is 0 Å². The predicted molar refractivity (Wildman–Crippen MR) is 81.4 cm³/mol. The summed E-state index contributed by atoms with van der Waals surface area (Å²) in [5.74, 6) is 1.36. The zero-order valence-electron chi connectivity index (χ0n) is 12.1. The Morgan fingerprint density at radius 2 is 1.84 bits per heavy atom. The number of hydrogen-bond acceptors (Lipinski definition) is 2. The molecule has 19 heavy (non-hydrogen) atoms. The minimum absolute atomic E-state index is 0. The Labute approximate surface area is 123 Å². The molecule has 112 valence electrons. The van der Waals surface area contributed by atoms with Crippen LogP contribution in [0.3, 0.4) is 0 Å². The molecule has 0 aromatic carbocycles. The summed E-state index contributed by atoms with van der Waals surface area (Å²) >= 11 is 0. The lowest BCUT2D eigenvalue weighted by Crippen LogP contribution is -2.40. The minimum Gasteiger partial charge on any atom is -0.353 e. The summed E-state index contributed by atoms with van der Waals surface area (Å²) in [5, 5.41) is 3.25. The van der Waals surface area contributed by atoms with Gasteiger partial charge in [0.05, 0.1) is 0 Å². The van der Waals surface area contributed by atoms with Gasteiger partial charge in [-0.05, 0) is 50.9 Å². The quantitative estimate of drug-likeness (QED) is 0.835. The number of rotatable bonds is 4. The van der Waals surface area contributed by atoms with Crippen LogP contribution < -0.4 is 11.1 Å². The molecule has 2 atom stereocenters. The van der Waals surface area contributed by atoms with Gasteiger partial charge in [-0.3, -0.25) is 4.79 Å². The molecule has 0 aromatic rings. The van der Waals surface area contributed by atoms with Crippen molar-refractivity contribution < 1.29 is 4.79 Å². The van der Waals surface area contributed by atoms with Gasteiger partial charge in [-0.15, -0.1) is 12.4 Å². The van der Waals surface area contributed by atoms with Crippen molar-refractivity contribution in [1.82, 2.24) is 5.32 Å². The largest absolute Gasteiger partial charge is 0.353 e. The molecule has 0 spiro atoms. The molecule has 3 N–H and O–H groups in total. The lowest BCUT2D eigenvalue weighted by molar-refractivity contribution is -0.125. The zero-order chi connectivity index (χ0) is 13.0. The van der Waals surface area contributed by atoms with Crippen molar-refractivity contribution in [2.45, 2.75) is 76.8 Å². The maximum absolute atomic E-state index is 12.1. The Balaban J connectivity index is 0.00000180. The first-order chi connectivity index (χ1) is 8.69. The molecule has 2 aliphatic carbocycles. The molecule has 2 unspecified atom stereocenters. The van der Waals surface area contributed by atoms with Crippen LogP contribution in [-0.4, -0.2) is 18.0 Å². The highest BCUT2D eigenvalue weighted by Crippen LogP contribution is 2.29. The van der Waals surface area contributed by atoms with E-state index in [0.717, 1.165) is 25.2 Å². The van der Waals surface area contributed by atoms with Gasteiger partial charge in [-0.25, -0.2) is 0 Å². The average Bonchev–Trinajstić information content (AvgIpc) is 2.79. The molecule has 0 heterocycles. The molecule has 0 bridgehead atoms. The fraction of sp³-hybridized carbons (Fsp3) is 0.933. The highest BCUT2D eigenvalue weighted by molar-refractivity contribution is 5.85. The van der Waals surface area contributed by atoms with Crippen LogP contribution in [0.2, 0.25) is 0 Å². The first-order valence-corrected chi connectivity index (χ1v) is 7.75. The van der Waals surface area contributed by atoms with Crippen LogP contribution in [0.1, 0.15) is 64.7 Å². The SMILES string of the molecule is CCCC1CCC(NC(=O)C2CCC(N)C2)CC1.Cl. The van der Waals surface area contributed by atoms with Crippen LogP contribution in [0.5, 0.6) is 0 Å².